The van der Waals surface area contributed by atoms with Gasteiger partial charge < -0.3 is 0 Å². The summed E-state index contributed by atoms with van der Waals surface area (Å²) in [6.07, 6.45) is 9.30. The van der Waals surface area contributed by atoms with Crippen molar-refractivity contribution in [1.29, 1.82) is 0 Å². The molecule has 0 bridgehead atoms. The Morgan fingerprint density at radius 2 is 1.24 bits per heavy atom. The van der Waals surface area contributed by atoms with Crippen LogP contribution in [-0.4, -0.2) is 30.1 Å². The summed E-state index contributed by atoms with van der Waals surface area (Å²) in [4.78, 5) is 0. The van der Waals surface area contributed by atoms with Crippen LogP contribution in [0.2, 0.25) is 17.7 Å². The van der Waals surface area contributed by atoms with Crippen molar-refractivity contribution in [3.05, 3.63) is 11.1 Å². The van der Waals surface area contributed by atoms with E-state index in [2.05, 4.69) is 34.6 Å². The maximum atomic E-state index is 9.40. The van der Waals surface area contributed by atoms with Crippen LogP contribution in [0.1, 0.15) is 79.6 Å². The fourth-order valence-corrected chi connectivity index (χ4v) is 20.6. The van der Waals surface area contributed by atoms with Crippen LogP contribution in [0.5, 0.6) is 0 Å². The van der Waals surface area contributed by atoms with Gasteiger partial charge in [-0.05, 0) is 0 Å². The van der Waals surface area contributed by atoms with Gasteiger partial charge in [0.05, 0.1) is 0 Å². The summed E-state index contributed by atoms with van der Waals surface area (Å²) in [5.41, 5.74) is 3.09. The van der Waals surface area contributed by atoms with Gasteiger partial charge in [-0.2, -0.15) is 0 Å². The topological polar surface area (TPSA) is 20.2 Å². The molecule has 1 N–H and O–H groups in total. The first-order valence-electron chi connectivity index (χ1n) is 9.31. The molecular formula is C19H40OSn. The molecule has 0 spiro atoms. The van der Waals surface area contributed by atoms with Crippen molar-refractivity contribution < 1.29 is 5.11 Å². The van der Waals surface area contributed by atoms with Gasteiger partial charge in [0, 0.05) is 0 Å². The third-order valence-electron chi connectivity index (χ3n) is 4.89. The molecule has 0 aliphatic heterocycles. The van der Waals surface area contributed by atoms with E-state index in [0.717, 1.165) is 6.42 Å². The molecule has 0 heterocycles. The van der Waals surface area contributed by atoms with Crippen LogP contribution in [0.4, 0.5) is 0 Å². The maximum absolute atomic E-state index is 9.40. The second-order valence-electron chi connectivity index (χ2n) is 7.06. The Bertz CT molecular complexity index is 258. The van der Waals surface area contributed by atoms with E-state index in [9.17, 15) is 5.11 Å². The second-order valence-corrected chi connectivity index (χ2v) is 20.9. The van der Waals surface area contributed by atoms with E-state index >= 15 is 0 Å². The first-order valence-corrected chi connectivity index (χ1v) is 17.4. The fourth-order valence-electron chi connectivity index (χ4n) is 3.40. The molecule has 0 aromatic carbocycles. The molecule has 126 valence electrons. The van der Waals surface area contributed by atoms with E-state index in [1.807, 2.05) is 0 Å². The molecule has 0 saturated heterocycles. The summed E-state index contributed by atoms with van der Waals surface area (Å²) in [6.45, 7) is 11.9. The Balaban J connectivity index is 5.13. The van der Waals surface area contributed by atoms with Gasteiger partial charge in [-0.1, -0.05) is 0 Å². The molecule has 0 amide bonds. The Labute approximate surface area is 138 Å². The molecule has 0 aromatic rings. The van der Waals surface area contributed by atoms with Crippen molar-refractivity contribution >= 4 is 18.4 Å². The first kappa shape index (κ1) is 21.5. The van der Waals surface area contributed by atoms with Crippen LogP contribution in [0.15, 0.2) is 11.1 Å². The van der Waals surface area contributed by atoms with Gasteiger partial charge in [0.15, 0.2) is 0 Å². The van der Waals surface area contributed by atoms with E-state index in [1.54, 1.807) is 18.9 Å². The number of aliphatic hydroxyl groups is 1. The minimum atomic E-state index is -2.05. The molecule has 1 nitrogen and oxygen atoms in total. The normalized spacial score (nSPS) is 11.7. The zero-order valence-electron chi connectivity index (χ0n) is 15.4. The molecule has 2 heteroatoms. The third-order valence-corrected chi connectivity index (χ3v) is 20.4. The van der Waals surface area contributed by atoms with Gasteiger partial charge >= 0.3 is 139 Å². The van der Waals surface area contributed by atoms with Crippen molar-refractivity contribution in [2.45, 2.75) is 97.3 Å². The van der Waals surface area contributed by atoms with E-state index in [1.165, 1.54) is 48.5 Å². The summed E-state index contributed by atoms with van der Waals surface area (Å²) in [6, 6.07) is 0. The SMILES string of the molecule is CCC[CH2][Sn]([CH2]CCC)([CH2]CCC)[CH2]C(CCO)=C(C)C. The molecule has 0 radical (unpaired) electrons. The van der Waals surface area contributed by atoms with E-state index in [0.29, 0.717) is 6.61 Å². The molecule has 21 heavy (non-hydrogen) atoms. The molecule has 0 atom stereocenters. The molecule has 0 aliphatic rings. The standard InChI is InChI=1S/C7H13O.3C4H9.Sn/c1-6(2)7(3)4-5-8;3*1-3-4-2;/h8H,3-5H2,1-2H3;3*1,3-4H2,2H3;. The minimum absolute atomic E-state index is 0.331. The summed E-state index contributed by atoms with van der Waals surface area (Å²) in [7, 11) is 0. The van der Waals surface area contributed by atoms with Gasteiger partial charge in [0.25, 0.3) is 0 Å². The van der Waals surface area contributed by atoms with Crippen LogP contribution < -0.4 is 0 Å². The zero-order chi connectivity index (χ0) is 16.1. The number of rotatable bonds is 13. The van der Waals surface area contributed by atoms with Gasteiger partial charge in [-0.25, -0.2) is 0 Å². The monoisotopic (exact) mass is 404 g/mol. The van der Waals surface area contributed by atoms with Gasteiger partial charge in [0.2, 0.25) is 0 Å². The van der Waals surface area contributed by atoms with Crippen LogP contribution in [0.25, 0.3) is 0 Å². The Morgan fingerprint density at radius 1 is 0.810 bits per heavy atom. The summed E-state index contributed by atoms with van der Waals surface area (Å²) < 4.78 is 6.16. The van der Waals surface area contributed by atoms with E-state index in [4.69, 9.17) is 0 Å². The average molecular weight is 403 g/mol. The predicted molar refractivity (Wildman–Crippen MR) is 99.8 cm³/mol. The number of aliphatic hydroxyl groups excluding tert-OH is 1. The molecular weight excluding hydrogens is 363 g/mol. The predicted octanol–water partition coefficient (Wildman–Crippen LogP) is 6.55. The fraction of sp³-hybridized carbons (Fsp3) is 0.895. The van der Waals surface area contributed by atoms with Gasteiger partial charge in [-0.3, -0.25) is 0 Å². The summed E-state index contributed by atoms with van der Waals surface area (Å²) in [5, 5.41) is 9.40. The van der Waals surface area contributed by atoms with Crippen molar-refractivity contribution in [3.8, 4) is 0 Å². The number of unbranched alkanes of at least 4 members (excludes halogenated alkanes) is 3. The zero-order valence-corrected chi connectivity index (χ0v) is 18.3. The van der Waals surface area contributed by atoms with Crippen LogP contribution in [-0.2, 0) is 0 Å². The third kappa shape index (κ3) is 9.28. The Morgan fingerprint density at radius 3 is 1.52 bits per heavy atom. The second kappa shape index (κ2) is 13.0. The van der Waals surface area contributed by atoms with Crippen molar-refractivity contribution in [3.63, 3.8) is 0 Å². The van der Waals surface area contributed by atoms with Crippen molar-refractivity contribution in [1.82, 2.24) is 0 Å². The van der Waals surface area contributed by atoms with E-state index < -0.39 is 18.4 Å². The van der Waals surface area contributed by atoms with Crippen molar-refractivity contribution in [2.24, 2.45) is 0 Å². The first-order chi connectivity index (χ1) is 10.0. The molecule has 0 fully saturated rings. The molecule has 0 saturated carbocycles. The van der Waals surface area contributed by atoms with Crippen LogP contribution in [0.3, 0.4) is 0 Å². The summed E-state index contributed by atoms with van der Waals surface area (Å²) >= 11 is -2.05. The number of hydrogen-bond donors (Lipinski definition) is 1. The quantitative estimate of drug-likeness (QED) is 0.273. The summed E-state index contributed by atoms with van der Waals surface area (Å²) in [5.74, 6) is 0. The Kier molecular flexibility index (Phi) is 13.3. The molecule has 0 aromatic heterocycles. The number of allylic oxidation sites excluding steroid dienone is 1. The van der Waals surface area contributed by atoms with Gasteiger partial charge in [0.1, 0.15) is 0 Å². The van der Waals surface area contributed by atoms with Crippen LogP contribution >= 0.6 is 0 Å². The number of hydrogen-bond acceptors (Lipinski definition) is 1. The molecule has 0 unspecified atom stereocenters. The van der Waals surface area contributed by atoms with Crippen LogP contribution in [0, 0.1) is 0 Å². The average Bonchev–Trinajstić information content (AvgIpc) is 2.48. The molecule has 0 aliphatic carbocycles. The van der Waals surface area contributed by atoms with E-state index in [-0.39, 0.29) is 0 Å². The van der Waals surface area contributed by atoms with Crippen molar-refractivity contribution in [2.75, 3.05) is 6.61 Å². The Hall–Kier alpha value is 0.499. The molecule has 0 rings (SSSR count). The van der Waals surface area contributed by atoms with Gasteiger partial charge in [-0.15, -0.1) is 0 Å².